The number of hydrogen-bond acceptors (Lipinski definition) is 3. The van der Waals surface area contributed by atoms with Crippen molar-refractivity contribution in [1.82, 2.24) is 9.55 Å². The molecule has 0 N–H and O–H groups in total. The maximum atomic E-state index is 13.1. The third-order valence-corrected chi connectivity index (χ3v) is 8.48. The standard InChI is InChI=1S/C28H41N3O/c1-20-9-11-24(12-10-20)13-14-28(5)15-17-30(18-16-28)26-19-27(32)31(23(4)29-26)25-8-6-7-21(2)22(25)3/h6-8,19-20,24H,9-18H2,1-5H3. The summed E-state index contributed by atoms with van der Waals surface area (Å²) in [5.74, 6) is 3.49. The van der Waals surface area contributed by atoms with E-state index in [9.17, 15) is 4.79 Å². The van der Waals surface area contributed by atoms with E-state index in [0.29, 0.717) is 5.41 Å². The van der Waals surface area contributed by atoms with Crippen molar-refractivity contribution in [3.8, 4) is 5.69 Å². The van der Waals surface area contributed by atoms with Crippen LogP contribution < -0.4 is 10.5 Å². The fraction of sp³-hybridized carbons (Fsp3) is 0.643. The van der Waals surface area contributed by atoms with Crippen LogP contribution in [0.1, 0.15) is 82.2 Å². The van der Waals surface area contributed by atoms with Gasteiger partial charge in [-0.25, -0.2) is 4.98 Å². The third-order valence-electron chi connectivity index (χ3n) is 8.48. The van der Waals surface area contributed by atoms with Gasteiger partial charge in [0.05, 0.1) is 5.69 Å². The van der Waals surface area contributed by atoms with Crippen molar-refractivity contribution in [1.29, 1.82) is 0 Å². The normalized spacial score (nSPS) is 23.3. The number of piperidine rings is 1. The van der Waals surface area contributed by atoms with Crippen LogP contribution in [0, 0.1) is 38.0 Å². The van der Waals surface area contributed by atoms with E-state index in [1.165, 1.54) is 56.9 Å². The molecule has 2 aliphatic rings. The highest BCUT2D eigenvalue weighted by atomic mass is 16.1. The molecule has 1 aliphatic carbocycles. The average Bonchev–Trinajstić information content (AvgIpc) is 2.76. The summed E-state index contributed by atoms with van der Waals surface area (Å²) >= 11 is 0. The van der Waals surface area contributed by atoms with Crippen LogP contribution in [0.5, 0.6) is 0 Å². The summed E-state index contributed by atoms with van der Waals surface area (Å²) in [7, 11) is 0. The van der Waals surface area contributed by atoms with Gasteiger partial charge in [0.2, 0.25) is 0 Å². The Balaban J connectivity index is 1.41. The van der Waals surface area contributed by atoms with Crippen LogP contribution in [0.15, 0.2) is 29.1 Å². The summed E-state index contributed by atoms with van der Waals surface area (Å²) in [6.07, 6.45) is 10.8. The minimum atomic E-state index is 0.0149. The molecule has 4 heteroatoms. The van der Waals surface area contributed by atoms with Crippen LogP contribution in [0.3, 0.4) is 0 Å². The van der Waals surface area contributed by atoms with Gasteiger partial charge in [0.15, 0.2) is 0 Å². The number of hydrogen-bond donors (Lipinski definition) is 0. The molecule has 1 aromatic carbocycles. The van der Waals surface area contributed by atoms with Crippen LogP contribution in [0.25, 0.3) is 5.69 Å². The minimum Gasteiger partial charge on any atom is -0.356 e. The Labute approximate surface area is 194 Å². The highest BCUT2D eigenvalue weighted by molar-refractivity contribution is 5.47. The molecule has 0 atom stereocenters. The van der Waals surface area contributed by atoms with E-state index in [1.807, 2.05) is 19.1 Å². The Bertz CT molecular complexity index is 992. The highest BCUT2D eigenvalue weighted by Gasteiger charge is 2.32. The molecule has 0 amide bonds. The molecule has 4 rings (SSSR count). The lowest BCUT2D eigenvalue weighted by atomic mass is 9.72. The smallest absolute Gasteiger partial charge is 0.260 e. The van der Waals surface area contributed by atoms with Gasteiger partial charge in [-0.3, -0.25) is 9.36 Å². The first kappa shape index (κ1) is 23.1. The van der Waals surface area contributed by atoms with Crippen LogP contribution in [0.4, 0.5) is 5.82 Å². The lowest BCUT2D eigenvalue weighted by molar-refractivity contribution is 0.185. The maximum Gasteiger partial charge on any atom is 0.260 e. The first-order valence-electron chi connectivity index (χ1n) is 12.7. The number of aromatic nitrogens is 2. The summed E-state index contributed by atoms with van der Waals surface area (Å²) in [6, 6.07) is 7.84. The molecule has 2 aromatic rings. The van der Waals surface area contributed by atoms with Crippen molar-refractivity contribution >= 4 is 5.82 Å². The Kier molecular flexibility index (Phi) is 6.78. The van der Waals surface area contributed by atoms with Crippen LogP contribution >= 0.6 is 0 Å². The number of aryl methyl sites for hydroxylation is 2. The summed E-state index contributed by atoms with van der Waals surface area (Å²) in [4.78, 5) is 20.3. The number of anilines is 1. The van der Waals surface area contributed by atoms with Crippen LogP contribution in [0.2, 0.25) is 0 Å². The van der Waals surface area contributed by atoms with E-state index >= 15 is 0 Å². The Morgan fingerprint density at radius 1 is 1.06 bits per heavy atom. The third kappa shape index (κ3) is 4.94. The first-order chi connectivity index (χ1) is 15.3. The molecule has 32 heavy (non-hydrogen) atoms. The molecule has 0 spiro atoms. The second-order valence-electron chi connectivity index (χ2n) is 11.0. The predicted molar refractivity (Wildman–Crippen MR) is 134 cm³/mol. The average molecular weight is 436 g/mol. The zero-order chi connectivity index (χ0) is 22.9. The molecule has 0 unspecified atom stereocenters. The molecule has 4 nitrogen and oxygen atoms in total. The largest absolute Gasteiger partial charge is 0.356 e. The summed E-state index contributed by atoms with van der Waals surface area (Å²) < 4.78 is 1.75. The van der Waals surface area contributed by atoms with Gasteiger partial charge in [-0.05, 0) is 80.9 Å². The molecule has 0 radical (unpaired) electrons. The summed E-state index contributed by atoms with van der Waals surface area (Å²) in [6.45, 7) is 13.0. The molecule has 174 valence electrons. The van der Waals surface area contributed by atoms with E-state index in [0.717, 1.165) is 47.8 Å². The van der Waals surface area contributed by atoms with Crippen molar-refractivity contribution in [2.75, 3.05) is 18.0 Å². The van der Waals surface area contributed by atoms with Crippen molar-refractivity contribution in [2.24, 2.45) is 17.3 Å². The van der Waals surface area contributed by atoms with Crippen molar-refractivity contribution < 1.29 is 0 Å². The van der Waals surface area contributed by atoms with Crippen LogP contribution in [-0.2, 0) is 0 Å². The van der Waals surface area contributed by atoms with E-state index < -0.39 is 0 Å². The summed E-state index contributed by atoms with van der Waals surface area (Å²) in [5.41, 5.74) is 3.71. The van der Waals surface area contributed by atoms with Gasteiger partial charge in [-0.1, -0.05) is 51.7 Å². The topological polar surface area (TPSA) is 38.1 Å². The Morgan fingerprint density at radius 3 is 2.41 bits per heavy atom. The minimum absolute atomic E-state index is 0.0149. The fourth-order valence-corrected chi connectivity index (χ4v) is 5.71. The zero-order valence-electron chi connectivity index (χ0n) is 20.8. The molecule has 1 saturated heterocycles. The highest BCUT2D eigenvalue weighted by Crippen LogP contribution is 2.40. The van der Waals surface area contributed by atoms with Gasteiger partial charge in [0.1, 0.15) is 11.6 Å². The lowest BCUT2D eigenvalue weighted by Crippen LogP contribution is -2.40. The fourth-order valence-electron chi connectivity index (χ4n) is 5.71. The van der Waals surface area contributed by atoms with Gasteiger partial charge in [0, 0.05) is 19.2 Å². The Morgan fingerprint density at radius 2 is 1.75 bits per heavy atom. The van der Waals surface area contributed by atoms with Gasteiger partial charge in [-0.15, -0.1) is 0 Å². The molecule has 2 heterocycles. The van der Waals surface area contributed by atoms with Gasteiger partial charge in [-0.2, -0.15) is 0 Å². The van der Waals surface area contributed by atoms with Gasteiger partial charge >= 0.3 is 0 Å². The van der Waals surface area contributed by atoms with E-state index in [1.54, 1.807) is 10.6 Å². The van der Waals surface area contributed by atoms with Crippen molar-refractivity contribution in [3.63, 3.8) is 0 Å². The Hall–Kier alpha value is -2.10. The first-order valence-corrected chi connectivity index (χ1v) is 12.7. The molecule has 1 aliphatic heterocycles. The molecule has 1 saturated carbocycles. The van der Waals surface area contributed by atoms with Crippen molar-refractivity contribution in [2.45, 2.75) is 86.0 Å². The second-order valence-corrected chi connectivity index (χ2v) is 11.0. The number of rotatable bonds is 5. The van der Waals surface area contributed by atoms with Crippen LogP contribution in [-0.4, -0.2) is 22.6 Å². The van der Waals surface area contributed by atoms with Crippen molar-refractivity contribution in [3.05, 3.63) is 51.6 Å². The monoisotopic (exact) mass is 435 g/mol. The molecule has 2 fully saturated rings. The molecular weight excluding hydrogens is 394 g/mol. The van der Waals surface area contributed by atoms with E-state index in [4.69, 9.17) is 4.98 Å². The maximum absolute atomic E-state index is 13.1. The number of nitrogens with zero attached hydrogens (tertiary/aromatic N) is 3. The lowest BCUT2D eigenvalue weighted by Gasteiger charge is -2.41. The quantitative estimate of drug-likeness (QED) is 0.547. The molecule has 0 bridgehead atoms. The summed E-state index contributed by atoms with van der Waals surface area (Å²) in [5, 5.41) is 0. The number of benzene rings is 1. The predicted octanol–water partition coefficient (Wildman–Crippen LogP) is 6.37. The SMILES string of the molecule is Cc1cccc(-n2c(C)nc(N3CCC(C)(CCC4CCC(C)CC4)CC3)cc2=O)c1C. The molecular formula is C28H41N3O. The van der Waals surface area contributed by atoms with Gasteiger partial charge < -0.3 is 4.90 Å². The zero-order valence-corrected chi connectivity index (χ0v) is 20.8. The van der Waals surface area contributed by atoms with E-state index in [-0.39, 0.29) is 5.56 Å². The second kappa shape index (κ2) is 9.41. The van der Waals surface area contributed by atoms with Gasteiger partial charge in [0.25, 0.3) is 5.56 Å². The molecule has 1 aromatic heterocycles. The van der Waals surface area contributed by atoms with E-state index in [2.05, 4.69) is 38.7 Å².